The van der Waals surface area contributed by atoms with E-state index < -0.39 is 0 Å². The molecule has 1 atom stereocenters. The van der Waals surface area contributed by atoms with Gasteiger partial charge < -0.3 is 5.32 Å². The van der Waals surface area contributed by atoms with Gasteiger partial charge in [-0.05, 0) is 41.5 Å². The zero-order valence-corrected chi connectivity index (χ0v) is 22.7. The molecule has 37 heavy (non-hydrogen) atoms. The van der Waals surface area contributed by atoms with Crippen LogP contribution in [0.4, 0.5) is 5.00 Å². The van der Waals surface area contributed by atoms with Gasteiger partial charge in [0.2, 0.25) is 11.1 Å². The highest BCUT2D eigenvalue weighted by atomic mass is 32.2. The number of nitrogens with zero attached hydrogens (tertiary/aromatic N) is 4. The summed E-state index contributed by atoms with van der Waals surface area (Å²) in [5.41, 5.74) is 5.83. The largest absolute Gasteiger partial charge is 0.317 e. The molecule has 0 spiro atoms. The van der Waals surface area contributed by atoms with Gasteiger partial charge in [0.25, 0.3) is 0 Å². The normalized spacial score (nSPS) is 15.8. The number of amides is 1. The van der Waals surface area contributed by atoms with Crippen LogP contribution in [0.2, 0.25) is 0 Å². The van der Waals surface area contributed by atoms with Crippen molar-refractivity contribution in [2.75, 3.05) is 11.1 Å². The molecule has 2 aliphatic rings. The minimum Gasteiger partial charge on any atom is -0.317 e. The number of hydrogen-bond acceptors (Lipinski definition) is 7. The van der Waals surface area contributed by atoms with Gasteiger partial charge in [0.05, 0.1) is 5.56 Å². The smallest absolute Gasteiger partial charge is 0.225 e. The van der Waals surface area contributed by atoms with E-state index in [9.17, 15) is 10.1 Å². The first-order valence-corrected chi connectivity index (χ1v) is 14.4. The minimum absolute atomic E-state index is 0.0961. The van der Waals surface area contributed by atoms with E-state index in [0.717, 1.165) is 47.3 Å². The lowest BCUT2D eigenvalue weighted by Gasteiger charge is -2.33. The first-order valence-electron chi connectivity index (χ1n) is 12.6. The van der Waals surface area contributed by atoms with Crippen LogP contribution in [-0.2, 0) is 17.6 Å². The van der Waals surface area contributed by atoms with E-state index in [1.165, 1.54) is 27.4 Å². The fourth-order valence-electron chi connectivity index (χ4n) is 5.43. The molecule has 2 aromatic heterocycles. The Labute approximate surface area is 224 Å². The number of anilines is 1. The second-order valence-electron chi connectivity index (χ2n) is 10.8. The van der Waals surface area contributed by atoms with Gasteiger partial charge in [0.1, 0.15) is 22.5 Å². The molecule has 0 saturated carbocycles. The molecule has 6 nitrogen and oxygen atoms in total. The fraction of sp³-hybridized carbons (Fsp3) is 0.345. The summed E-state index contributed by atoms with van der Waals surface area (Å²) in [7, 11) is 0. The van der Waals surface area contributed by atoms with Crippen LogP contribution in [0.5, 0.6) is 0 Å². The molecule has 2 heterocycles. The lowest BCUT2D eigenvalue weighted by atomic mass is 9.72. The average molecular weight is 526 g/mol. The molecular weight excluding hydrogens is 498 g/mol. The molecule has 6 rings (SSSR count). The standard InChI is InChI=1S/C29H27N5OS2/c1-29(2,3)17-10-11-18-21(15-30)27(37-22(18)14-17)31-23(35)12-13-36-28-32-25-19-8-4-6-16-7-5-9-20(24(16)19)26(25)33-34-28/h4-9,17H,10-14H2,1-3H3,(H,31,35). The van der Waals surface area contributed by atoms with Crippen LogP contribution in [0.3, 0.4) is 0 Å². The predicted molar refractivity (Wildman–Crippen MR) is 150 cm³/mol. The Kier molecular flexibility index (Phi) is 6.01. The molecule has 1 unspecified atom stereocenters. The molecule has 2 aliphatic carbocycles. The van der Waals surface area contributed by atoms with E-state index >= 15 is 0 Å². The molecular formula is C29H27N5OS2. The third-order valence-electron chi connectivity index (χ3n) is 7.50. The van der Waals surface area contributed by atoms with E-state index in [2.05, 4.69) is 66.6 Å². The second-order valence-corrected chi connectivity index (χ2v) is 12.9. The number of hydrogen-bond donors (Lipinski definition) is 1. The predicted octanol–water partition coefficient (Wildman–Crippen LogP) is 6.88. The summed E-state index contributed by atoms with van der Waals surface area (Å²) >= 11 is 3.00. The molecule has 0 radical (unpaired) electrons. The Balaban J connectivity index is 1.12. The average Bonchev–Trinajstić information content (AvgIpc) is 3.39. The van der Waals surface area contributed by atoms with Gasteiger partial charge in [-0.25, -0.2) is 4.98 Å². The van der Waals surface area contributed by atoms with E-state index in [1.54, 1.807) is 11.3 Å². The number of aromatic nitrogens is 3. The van der Waals surface area contributed by atoms with Crippen molar-refractivity contribution in [1.29, 1.82) is 5.26 Å². The zero-order valence-electron chi connectivity index (χ0n) is 21.1. The van der Waals surface area contributed by atoms with Gasteiger partial charge in [-0.2, -0.15) is 5.26 Å². The van der Waals surface area contributed by atoms with Gasteiger partial charge in [-0.15, -0.1) is 21.5 Å². The summed E-state index contributed by atoms with van der Waals surface area (Å²) in [6, 6.07) is 14.7. The van der Waals surface area contributed by atoms with E-state index in [-0.39, 0.29) is 11.3 Å². The highest BCUT2D eigenvalue weighted by Crippen LogP contribution is 2.45. The zero-order chi connectivity index (χ0) is 25.7. The summed E-state index contributed by atoms with van der Waals surface area (Å²) in [4.78, 5) is 18.8. The van der Waals surface area contributed by atoms with Crippen molar-refractivity contribution in [3.05, 3.63) is 52.4 Å². The van der Waals surface area contributed by atoms with Gasteiger partial charge in [-0.1, -0.05) is 68.9 Å². The molecule has 186 valence electrons. The lowest BCUT2D eigenvalue weighted by Crippen LogP contribution is -2.26. The molecule has 0 saturated heterocycles. The number of carbonyl (C=O) groups excluding carboxylic acids is 1. The molecule has 1 amide bonds. The fourth-order valence-corrected chi connectivity index (χ4v) is 7.45. The molecule has 8 heteroatoms. The molecule has 1 N–H and O–H groups in total. The maximum atomic E-state index is 12.8. The van der Waals surface area contributed by atoms with Crippen molar-refractivity contribution in [3.63, 3.8) is 0 Å². The maximum Gasteiger partial charge on any atom is 0.225 e. The van der Waals surface area contributed by atoms with Crippen molar-refractivity contribution >= 4 is 44.8 Å². The third-order valence-corrected chi connectivity index (χ3v) is 9.51. The van der Waals surface area contributed by atoms with Crippen LogP contribution >= 0.6 is 23.1 Å². The number of benzene rings is 2. The molecule has 0 aliphatic heterocycles. The molecule has 0 bridgehead atoms. The Morgan fingerprint density at radius 1 is 1.16 bits per heavy atom. The number of rotatable bonds is 5. The van der Waals surface area contributed by atoms with Gasteiger partial charge in [-0.3, -0.25) is 4.79 Å². The highest BCUT2D eigenvalue weighted by Gasteiger charge is 2.32. The van der Waals surface area contributed by atoms with Crippen LogP contribution in [0.1, 0.15) is 49.6 Å². The number of nitrogens with one attached hydrogen (secondary N) is 1. The van der Waals surface area contributed by atoms with Crippen molar-refractivity contribution in [3.8, 4) is 28.6 Å². The van der Waals surface area contributed by atoms with Crippen LogP contribution in [0.25, 0.3) is 33.3 Å². The monoisotopic (exact) mass is 525 g/mol. The Morgan fingerprint density at radius 3 is 2.65 bits per heavy atom. The summed E-state index contributed by atoms with van der Waals surface area (Å²) < 4.78 is 0. The first kappa shape index (κ1) is 24.1. The summed E-state index contributed by atoms with van der Waals surface area (Å²) in [6.45, 7) is 6.84. The quantitative estimate of drug-likeness (QED) is 0.252. The number of fused-ring (bicyclic) bond motifs is 4. The van der Waals surface area contributed by atoms with Gasteiger partial charge >= 0.3 is 0 Å². The Morgan fingerprint density at radius 2 is 1.92 bits per heavy atom. The summed E-state index contributed by atoms with van der Waals surface area (Å²) in [5.74, 6) is 1.02. The Hall–Kier alpha value is -3.28. The second kappa shape index (κ2) is 9.23. The summed E-state index contributed by atoms with van der Waals surface area (Å²) in [5, 5.41) is 25.2. The maximum absolute atomic E-state index is 12.8. The van der Waals surface area contributed by atoms with E-state index in [4.69, 9.17) is 4.98 Å². The van der Waals surface area contributed by atoms with Crippen molar-refractivity contribution in [2.45, 2.75) is 51.6 Å². The van der Waals surface area contributed by atoms with Crippen LogP contribution in [-0.4, -0.2) is 26.8 Å². The number of carbonyl (C=O) groups is 1. The number of nitriles is 1. The number of thiophene rings is 1. The topological polar surface area (TPSA) is 91.6 Å². The Bertz CT molecular complexity index is 1590. The van der Waals surface area contributed by atoms with Gasteiger partial charge in [0, 0.05) is 33.6 Å². The first-order chi connectivity index (χ1) is 17.8. The number of thioether (sulfide) groups is 1. The molecule has 2 aromatic carbocycles. The SMILES string of the molecule is CC(C)(C)C1CCc2c(sc(NC(=O)CCSc3nnc4c(n3)-c3cccc5cccc-4c35)c2C#N)C1. The highest BCUT2D eigenvalue weighted by molar-refractivity contribution is 7.99. The van der Waals surface area contributed by atoms with Gasteiger partial charge in [0.15, 0.2) is 0 Å². The lowest BCUT2D eigenvalue weighted by molar-refractivity contribution is -0.115. The third kappa shape index (κ3) is 4.30. The van der Waals surface area contributed by atoms with Crippen molar-refractivity contribution in [2.24, 2.45) is 11.3 Å². The van der Waals surface area contributed by atoms with Crippen molar-refractivity contribution in [1.82, 2.24) is 15.2 Å². The van der Waals surface area contributed by atoms with Crippen LogP contribution < -0.4 is 5.32 Å². The molecule has 0 fully saturated rings. The van der Waals surface area contributed by atoms with Crippen LogP contribution in [0, 0.1) is 22.7 Å². The molecule has 4 aromatic rings. The van der Waals surface area contributed by atoms with E-state index in [0.29, 0.717) is 33.8 Å². The minimum atomic E-state index is -0.0961. The van der Waals surface area contributed by atoms with Crippen molar-refractivity contribution < 1.29 is 4.79 Å². The summed E-state index contributed by atoms with van der Waals surface area (Å²) in [6.07, 6.45) is 3.27. The van der Waals surface area contributed by atoms with Crippen LogP contribution in [0.15, 0.2) is 41.6 Å². The van der Waals surface area contributed by atoms with E-state index in [1.807, 2.05) is 12.1 Å².